The van der Waals surface area contributed by atoms with Crippen molar-refractivity contribution in [1.82, 2.24) is 0 Å². The second kappa shape index (κ2) is 16.0. The van der Waals surface area contributed by atoms with Crippen LogP contribution in [0.15, 0.2) is 142 Å². The predicted octanol–water partition coefficient (Wildman–Crippen LogP) is 6.29. The molecule has 1 aliphatic carbocycles. The maximum Gasteiger partial charge on any atom is 0.296 e. The van der Waals surface area contributed by atoms with Gasteiger partial charge in [0.1, 0.15) is 21.2 Å². The average molecular weight is 861 g/mol. The number of hydrogen-bond donors (Lipinski definition) is 8. The molecule has 0 spiro atoms. The van der Waals surface area contributed by atoms with Gasteiger partial charge in [-0.05, 0) is 109 Å². The third kappa shape index (κ3) is 9.50. The Morgan fingerprint density at radius 2 is 1.24 bits per heavy atom. The van der Waals surface area contributed by atoms with Gasteiger partial charge in [0.25, 0.3) is 30.4 Å². The molecule has 1 aliphatic rings. The van der Waals surface area contributed by atoms with Crippen molar-refractivity contribution in [2.75, 3.05) is 22.6 Å². The number of rotatable bonds is 11. The zero-order valence-corrected chi connectivity index (χ0v) is 32.1. The first-order valence-corrected chi connectivity index (χ1v) is 20.6. The summed E-state index contributed by atoms with van der Waals surface area (Å²) in [5.41, 5.74) is 19.3. The van der Waals surface area contributed by atoms with E-state index >= 15 is 0 Å². The van der Waals surface area contributed by atoms with Crippen LogP contribution >= 0.6 is 0 Å². The van der Waals surface area contributed by atoms with Crippen molar-refractivity contribution in [3.05, 3.63) is 119 Å². The summed E-state index contributed by atoms with van der Waals surface area (Å²) in [4.78, 5) is 15.4. The van der Waals surface area contributed by atoms with Crippen LogP contribution in [0.3, 0.4) is 0 Å². The molecule has 59 heavy (non-hydrogen) atoms. The van der Waals surface area contributed by atoms with E-state index in [0.717, 1.165) is 24.3 Å². The van der Waals surface area contributed by atoms with E-state index in [9.17, 15) is 48.8 Å². The van der Waals surface area contributed by atoms with E-state index in [1.54, 1.807) is 42.5 Å². The Hall–Kier alpha value is -7.22. The molecule has 0 aromatic heterocycles. The molecule has 5 aromatic rings. The number of nitrogens with two attached hydrogens (primary N) is 3. The summed E-state index contributed by atoms with van der Waals surface area (Å²) in [6.45, 7) is 0. The molecule has 6 rings (SSSR count). The van der Waals surface area contributed by atoms with E-state index in [-0.39, 0.29) is 22.8 Å². The molecule has 0 aliphatic heterocycles. The minimum absolute atomic E-state index is 0.00318. The lowest BCUT2D eigenvalue weighted by molar-refractivity contribution is 0.106. The minimum Gasteiger partial charge on any atom is -0.493 e. The highest BCUT2D eigenvalue weighted by molar-refractivity contribution is 7.91. The van der Waals surface area contributed by atoms with Crippen molar-refractivity contribution in [1.29, 1.82) is 0 Å². The summed E-state index contributed by atoms with van der Waals surface area (Å²) < 4.78 is 101. The van der Waals surface area contributed by atoms with Gasteiger partial charge in [-0.25, -0.2) is 4.99 Å². The van der Waals surface area contributed by atoms with Crippen molar-refractivity contribution in [3.8, 4) is 0 Å². The van der Waals surface area contributed by atoms with Crippen LogP contribution in [0.2, 0.25) is 0 Å². The topological polar surface area (TPSA) is 365 Å². The Bertz CT molecular complexity index is 3020. The number of hydrazone groups is 1. The van der Waals surface area contributed by atoms with E-state index in [1.165, 1.54) is 24.3 Å². The first-order valence-electron chi connectivity index (χ1n) is 16.2. The first kappa shape index (κ1) is 41.4. The number of hydrogen-bond acceptors (Lipinski definition) is 17. The van der Waals surface area contributed by atoms with E-state index < -0.39 is 79.0 Å². The van der Waals surface area contributed by atoms with Crippen LogP contribution in [0, 0.1) is 0 Å². The highest BCUT2D eigenvalue weighted by atomic mass is 32.2. The molecule has 24 heteroatoms. The molecule has 5 aromatic carbocycles. The van der Waals surface area contributed by atoms with Crippen LogP contribution in [-0.2, 0) is 30.4 Å². The molecule has 21 nitrogen and oxygen atoms in total. The minimum atomic E-state index is -5.22. The molecular weight excluding hydrogens is 833 g/mol. The van der Waals surface area contributed by atoms with Gasteiger partial charge in [0.05, 0.1) is 44.6 Å². The highest BCUT2D eigenvalue weighted by Crippen LogP contribution is 2.41. The molecule has 0 unspecified atom stereocenters. The summed E-state index contributed by atoms with van der Waals surface area (Å²) >= 11 is 0. The third-order valence-electron chi connectivity index (χ3n) is 8.10. The average Bonchev–Trinajstić information content (AvgIpc) is 3.16. The zero-order valence-electron chi connectivity index (χ0n) is 29.6. The number of carbonyl (C=O) groups is 1. The van der Waals surface area contributed by atoms with Gasteiger partial charge in [-0.15, -0.1) is 10.2 Å². The predicted molar refractivity (Wildman–Crippen MR) is 217 cm³/mol. The number of aliphatic hydroxyl groups excluding tert-OH is 1. The maximum absolute atomic E-state index is 13.7. The lowest BCUT2D eigenvalue weighted by Crippen LogP contribution is -2.28. The van der Waals surface area contributed by atoms with Gasteiger partial charge < -0.3 is 22.3 Å². The number of anilines is 4. The first-order chi connectivity index (χ1) is 27.7. The fourth-order valence-electron chi connectivity index (χ4n) is 5.26. The second-order valence-electron chi connectivity index (χ2n) is 12.2. The number of nitrogen functional groups attached to an aromatic ring is 3. The summed E-state index contributed by atoms with van der Waals surface area (Å²) in [6.07, 6.45) is 0.687. The molecular formula is C35H28N10O11S3. The van der Waals surface area contributed by atoms with Crippen molar-refractivity contribution in [2.24, 2.45) is 30.6 Å². The fraction of sp³-hybridized carbons (Fsp3) is 0. The molecule has 302 valence electrons. The molecule has 0 saturated heterocycles. The number of azo groups is 2. The van der Waals surface area contributed by atoms with E-state index in [0.29, 0.717) is 40.6 Å². The largest absolute Gasteiger partial charge is 0.493 e. The Balaban J connectivity index is 1.26. The molecule has 0 amide bonds. The lowest BCUT2D eigenvalue weighted by atomic mass is 9.92. The summed E-state index contributed by atoms with van der Waals surface area (Å²) in [5.74, 6) is -1.63. The lowest BCUT2D eigenvalue weighted by Gasteiger charge is -2.20. The smallest absolute Gasteiger partial charge is 0.296 e. The van der Waals surface area contributed by atoms with Crippen LogP contribution < -0.4 is 22.6 Å². The van der Waals surface area contributed by atoms with Gasteiger partial charge in [-0.2, -0.15) is 40.6 Å². The number of carbonyl (C=O) groups excluding carboxylic acids is 1. The number of Topliss-reactive ketones (excluding diaryl/α,β-unsaturated/α-hetero) is 1. The number of aliphatic imine (C=N–C) groups is 1. The number of fused-ring (bicyclic) bond motifs is 1. The molecule has 11 N–H and O–H groups in total. The molecule has 0 bridgehead atoms. The number of ketones is 1. The third-order valence-corrected chi connectivity index (χ3v) is 10.7. The van der Waals surface area contributed by atoms with Crippen LogP contribution in [0.4, 0.5) is 51.2 Å². The van der Waals surface area contributed by atoms with Crippen LogP contribution in [-0.4, -0.2) is 61.4 Å². The number of allylic oxidation sites excluding steroid dienone is 1. The van der Waals surface area contributed by atoms with Gasteiger partial charge in [0, 0.05) is 11.3 Å². The Morgan fingerprint density at radius 3 is 1.81 bits per heavy atom. The summed E-state index contributed by atoms with van der Waals surface area (Å²) in [6, 6.07) is 21.6. The fourth-order valence-corrected chi connectivity index (χ4v) is 7.07. The maximum atomic E-state index is 13.7. The molecule has 0 saturated carbocycles. The Kier molecular flexibility index (Phi) is 11.2. The Morgan fingerprint density at radius 1 is 0.644 bits per heavy atom. The van der Waals surface area contributed by atoms with E-state index in [1.807, 2.05) is 0 Å². The highest BCUT2D eigenvalue weighted by Gasteiger charge is 2.37. The van der Waals surface area contributed by atoms with Gasteiger partial charge in [-0.3, -0.25) is 23.9 Å². The van der Waals surface area contributed by atoms with Crippen LogP contribution in [0.5, 0.6) is 0 Å². The zero-order chi connectivity index (χ0) is 42.9. The SMILES string of the molecule is Nc1ccc(N=Nc2ccc(N=C(O)c3ccc(N=Nc4c(S(=O)(=O)O)cc5c(c4N)C(=O)/C(=N/Nc4ccc(S(=O)(=O)O)cc4)C(S(=O)(=O)O)=C5)cc3)cc2)c(N)c1. The van der Waals surface area contributed by atoms with Crippen molar-refractivity contribution >= 4 is 105 Å². The van der Waals surface area contributed by atoms with Crippen molar-refractivity contribution < 1.29 is 48.8 Å². The van der Waals surface area contributed by atoms with Crippen LogP contribution in [0.1, 0.15) is 21.5 Å². The number of benzene rings is 5. The number of nitrogens with zero attached hydrogens (tertiary/aromatic N) is 6. The molecule has 0 heterocycles. The summed E-state index contributed by atoms with van der Waals surface area (Å²) in [7, 11) is -14.9. The molecule has 0 atom stereocenters. The van der Waals surface area contributed by atoms with Gasteiger partial charge in [0.15, 0.2) is 5.71 Å². The number of aliphatic hydroxyl groups is 1. The monoisotopic (exact) mass is 860 g/mol. The van der Waals surface area contributed by atoms with Crippen molar-refractivity contribution in [3.63, 3.8) is 0 Å². The standard InChI is InChI=1S/C35H28N10O11S3/c36-20-3-14-27(26(37)17-20)43-40-23-8-6-21(7-9-23)39-35(47)18-1-4-22(5-2-18)41-44-32-28(58(51,52)53)15-19-16-29(59(54,55)56)33(34(46)30(19)31(32)38)45-42-24-10-12-25(13-11-24)57(48,49)50/h1-17,42H,36-38H2,(H,39,47)(H,48,49,50)(H,51,52,53)(H,54,55,56)/b43-40?,44-41?,45-33+. The van der Waals surface area contributed by atoms with E-state index in [4.69, 9.17) is 17.2 Å². The normalized spacial score (nSPS) is 14.5. The van der Waals surface area contributed by atoms with Crippen LogP contribution in [0.25, 0.3) is 6.08 Å². The molecule has 0 fully saturated rings. The van der Waals surface area contributed by atoms with Gasteiger partial charge in [0.2, 0.25) is 11.7 Å². The summed E-state index contributed by atoms with van der Waals surface area (Å²) in [5, 5.41) is 30.5. The Labute approximate surface area is 334 Å². The number of nitrogens with one attached hydrogen (secondary N) is 1. The quantitative estimate of drug-likeness (QED) is 0.0181. The van der Waals surface area contributed by atoms with Gasteiger partial charge in [-0.1, -0.05) is 0 Å². The molecule has 0 radical (unpaired) electrons. The van der Waals surface area contributed by atoms with E-state index in [2.05, 4.69) is 36.0 Å². The van der Waals surface area contributed by atoms with Crippen molar-refractivity contribution in [2.45, 2.75) is 9.79 Å². The van der Waals surface area contributed by atoms with Gasteiger partial charge >= 0.3 is 0 Å². The second-order valence-corrected chi connectivity index (χ2v) is 16.4.